The van der Waals surface area contributed by atoms with E-state index in [2.05, 4.69) is 15.2 Å². The molecule has 18 heavy (non-hydrogen) atoms. The van der Waals surface area contributed by atoms with Crippen LogP contribution in [-0.4, -0.2) is 15.2 Å². The number of hydrogen-bond acceptors (Lipinski definition) is 5. The van der Waals surface area contributed by atoms with Crippen LogP contribution < -0.4 is 5.73 Å². The Kier molecular flexibility index (Phi) is 2.77. The summed E-state index contributed by atoms with van der Waals surface area (Å²) in [5.41, 5.74) is 7.84. The average Bonchev–Trinajstić information content (AvgIpc) is 2.87. The Morgan fingerprint density at radius 2 is 2.00 bits per heavy atom. The topological polar surface area (TPSA) is 64.7 Å². The molecule has 0 saturated heterocycles. The number of para-hydroxylation sites is 1. The van der Waals surface area contributed by atoms with E-state index in [9.17, 15) is 0 Å². The minimum atomic E-state index is -0.0793. The second kappa shape index (κ2) is 4.44. The van der Waals surface area contributed by atoms with Gasteiger partial charge in [0.05, 0.1) is 11.6 Å². The van der Waals surface area contributed by atoms with Gasteiger partial charge in [-0.05, 0) is 19.1 Å². The van der Waals surface area contributed by atoms with E-state index in [0.717, 1.165) is 26.5 Å². The Morgan fingerprint density at radius 1 is 1.17 bits per heavy atom. The van der Waals surface area contributed by atoms with Gasteiger partial charge in [-0.15, -0.1) is 10.2 Å². The highest BCUT2D eigenvalue weighted by molar-refractivity contribution is 7.14. The second-order valence-corrected chi connectivity index (χ2v) is 5.12. The van der Waals surface area contributed by atoms with Crippen LogP contribution in [-0.2, 0) is 0 Å². The van der Waals surface area contributed by atoms with Gasteiger partial charge in [0.1, 0.15) is 10.0 Å². The first-order valence-corrected chi connectivity index (χ1v) is 6.50. The molecule has 0 spiro atoms. The van der Waals surface area contributed by atoms with Crippen LogP contribution in [0.5, 0.6) is 0 Å². The predicted molar refractivity (Wildman–Crippen MR) is 73.2 cm³/mol. The minimum absolute atomic E-state index is 0.0793. The molecular weight excluding hydrogens is 244 g/mol. The molecule has 5 heteroatoms. The molecule has 3 aromatic rings. The van der Waals surface area contributed by atoms with Gasteiger partial charge in [-0.1, -0.05) is 29.5 Å². The minimum Gasteiger partial charge on any atom is -0.322 e. The quantitative estimate of drug-likeness (QED) is 0.765. The van der Waals surface area contributed by atoms with Gasteiger partial charge in [-0.3, -0.25) is 4.98 Å². The van der Waals surface area contributed by atoms with E-state index in [1.165, 1.54) is 11.3 Å². The van der Waals surface area contributed by atoms with Crippen molar-refractivity contribution in [3.8, 4) is 10.6 Å². The number of aromatic nitrogens is 3. The van der Waals surface area contributed by atoms with Gasteiger partial charge in [0, 0.05) is 17.1 Å². The Balaban J connectivity index is 2.18. The lowest BCUT2D eigenvalue weighted by Gasteiger charge is -2.01. The molecule has 0 aliphatic heterocycles. The number of hydrogen-bond donors (Lipinski definition) is 1. The van der Waals surface area contributed by atoms with E-state index < -0.39 is 0 Å². The molecule has 1 unspecified atom stereocenters. The van der Waals surface area contributed by atoms with Crippen LogP contribution >= 0.6 is 11.3 Å². The van der Waals surface area contributed by atoms with Crippen LogP contribution in [0.2, 0.25) is 0 Å². The highest BCUT2D eigenvalue weighted by Gasteiger charge is 2.12. The number of nitrogens with zero attached hydrogens (tertiary/aromatic N) is 3. The standard InChI is InChI=1S/C13H12N4S/c1-8(14)12-16-17-13(18-12)10-6-7-15-11-5-3-2-4-9(10)11/h2-8H,14H2,1H3. The van der Waals surface area contributed by atoms with Crippen molar-refractivity contribution in [2.75, 3.05) is 0 Å². The van der Waals surface area contributed by atoms with Gasteiger partial charge < -0.3 is 5.73 Å². The summed E-state index contributed by atoms with van der Waals surface area (Å²) in [4.78, 5) is 4.34. The van der Waals surface area contributed by atoms with Gasteiger partial charge in [0.2, 0.25) is 0 Å². The molecule has 0 aliphatic rings. The van der Waals surface area contributed by atoms with Gasteiger partial charge >= 0.3 is 0 Å². The fraction of sp³-hybridized carbons (Fsp3) is 0.154. The van der Waals surface area contributed by atoms with E-state index in [0.29, 0.717) is 0 Å². The summed E-state index contributed by atoms with van der Waals surface area (Å²) in [6, 6.07) is 9.91. The summed E-state index contributed by atoms with van der Waals surface area (Å²) in [6.07, 6.45) is 1.80. The van der Waals surface area contributed by atoms with Crippen LogP contribution in [0.25, 0.3) is 21.5 Å². The molecule has 1 aromatic carbocycles. The van der Waals surface area contributed by atoms with E-state index in [-0.39, 0.29) is 6.04 Å². The summed E-state index contributed by atoms with van der Waals surface area (Å²) >= 11 is 1.53. The normalized spacial score (nSPS) is 12.8. The SMILES string of the molecule is CC(N)c1nnc(-c2ccnc3ccccc23)s1. The zero-order chi connectivity index (χ0) is 12.5. The Bertz CT molecular complexity index is 685. The Labute approximate surface area is 109 Å². The van der Waals surface area contributed by atoms with Gasteiger partial charge in [0.25, 0.3) is 0 Å². The van der Waals surface area contributed by atoms with Crippen LogP contribution in [0.4, 0.5) is 0 Å². The highest BCUT2D eigenvalue weighted by Crippen LogP contribution is 2.30. The third-order valence-corrected chi connectivity index (χ3v) is 3.87. The number of pyridine rings is 1. The van der Waals surface area contributed by atoms with Crippen LogP contribution in [0.3, 0.4) is 0 Å². The van der Waals surface area contributed by atoms with Crippen molar-refractivity contribution in [1.82, 2.24) is 15.2 Å². The Morgan fingerprint density at radius 3 is 2.78 bits per heavy atom. The molecule has 2 N–H and O–H groups in total. The van der Waals surface area contributed by atoms with Crippen molar-refractivity contribution in [3.05, 3.63) is 41.5 Å². The molecule has 2 heterocycles. The first kappa shape index (κ1) is 11.3. The predicted octanol–water partition coefficient (Wildman–Crippen LogP) is 2.77. The number of benzene rings is 1. The molecule has 0 radical (unpaired) electrons. The van der Waals surface area contributed by atoms with Crippen LogP contribution in [0.1, 0.15) is 18.0 Å². The molecule has 3 rings (SSSR count). The number of nitrogens with two attached hydrogens (primary N) is 1. The summed E-state index contributed by atoms with van der Waals surface area (Å²) in [6.45, 7) is 1.91. The van der Waals surface area contributed by atoms with Crippen molar-refractivity contribution in [1.29, 1.82) is 0 Å². The van der Waals surface area contributed by atoms with Crippen LogP contribution in [0.15, 0.2) is 36.5 Å². The summed E-state index contributed by atoms with van der Waals surface area (Å²) in [7, 11) is 0. The first-order valence-electron chi connectivity index (χ1n) is 5.69. The Hall–Kier alpha value is -1.85. The zero-order valence-electron chi connectivity index (χ0n) is 9.87. The van der Waals surface area contributed by atoms with Gasteiger partial charge in [0.15, 0.2) is 0 Å². The fourth-order valence-electron chi connectivity index (χ4n) is 1.81. The molecule has 90 valence electrons. The van der Waals surface area contributed by atoms with Crippen molar-refractivity contribution < 1.29 is 0 Å². The van der Waals surface area contributed by atoms with Gasteiger partial charge in [-0.25, -0.2) is 0 Å². The third-order valence-electron chi connectivity index (χ3n) is 2.71. The monoisotopic (exact) mass is 256 g/mol. The summed E-state index contributed by atoms with van der Waals surface area (Å²) in [5.74, 6) is 0. The van der Waals surface area contributed by atoms with Crippen molar-refractivity contribution in [2.45, 2.75) is 13.0 Å². The highest BCUT2D eigenvalue weighted by atomic mass is 32.1. The molecule has 0 bridgehead atoms. The number of rotatable bonds is 2. The lowest BCUT2D eigenvalue weighted by Crippen LogP contribution is -2.03. The summed E-state index contributed by atoms with van der Waals surface area (Å²) < 4.78 is 0. The molecule has 1 atom stereocenters. The second-order valence-electron chi connectivity index (χ2n) is 4.11. The van der Waals surface area contributed by atoms with E-state index in [4.69, 9.17) is 5.73 Å². The maximum atomic E-state index is 5.81. The molecule has 0 saturated carbocycles. The molecule has 0 fully saturated rings. The molecule has 0 aliphatic carbocycles. The maximum Gasteiger partial charge on any atom is 0.148 e. The van der Waals surface area contributed by atoms with Crippen LogP contribution in [0, 0.1) is 0 Å². The first-order chi connectivity index (χ1) is 8.75. The molecule has 4 nitrogen and oxygen atoms in total. The largest absolute Gasteiger partial charge is 0.322 e. The smallest absolute Gasteiger partial charge is 0.148 e. The number of fused-ring (bicyclic) bond motifs is 1. The fourth-order valence-corrected chi connectivity index (χ4v) is 2.65. The lowest BCUT2D eigenvalue weighted by molar-refractivity contribution is 0.786. The molecule has 0 amide bonds. The van der Waals surface area contributed by atoms with Gasteiger partial charge in [-0.2, -0.15) is 0 Å². The summed E-state index contributed by atoms with van der Waals surface area (Å²) in [5, 5.41) is 11.2. The van der Waals surface area contributed by atoms with E-state index in [1.807, 2.05) is 37.3 Å². The van der Waals surface area contributed by atoms with E-state index >= 15 is 0 Å². The third kappa shape index (κ3) is 1.87. The van der Waals surface area contributed by atoms with Crippen molar-refractivity contribution in [2.24, 2.45) is 5.73 Å². The van der Waals surface area contributed by atoms with Crippen molar-refractivity contribution >= 4 is 22.2 Å². The molecular formula is C13H12N4S. The van der Waals surface area contributed by atoms with Crippen molar-refractivity contribution in [3.63, 3.8) is 0 Å². The maximum absolute atomic E-state index is 5.81. The van der Waals surface area contributed by atoms with E-state index in [1.54, 1.807) is 6.20 Å². The average molecular weight is 256 g/mol. The lowest BCUT2D eigenvalue weighted by atomic mass is 10.1. The molecule has 2 aromatic heterocycles. The zero-order valence-corrected chi connectivity index (χ0v) is 10.7.